The standard InChI is InChI=1S/C12H20S/c1-5-7-9-12(13-4)10-11(3)8-6-2/h7-9,12H,1-2,5-6,10H2,3-4H3. The van der Waals surface area contributed by atoms with E-state index in [-0.39, 0.29) is 0 Å². The van der Waals surface area contributed by atoms with E-state index in [2.05, 4.69) is 45.3 Å². The Morgan fingerprint density at radius 1 is 1.38 bits per heavy atom. The van der Waals surface area contributed by atoms with Crippen LogP contribution in [0.3, 0.4) is 0 Å². The van der Waals surface area contributed by atoms with Crippen LogP contribution in [0.25, 0.3) is 0 Å². The van der Waals surface area contributed by atoms with Gasteiger partial charge in [0.25, 0.3) is 0 Å². The van der Waals surface area contributed by atoms with Gasteiger partial charge in [0, 0.05) is 5.25 Å². The van der Waals surface area contributed by atoms with Gasteiger partial charge in [0.05, 0.1) is 0 Å². The second-order valence-corrected chi connectivity index (χ2v) is 4.11. The molecule has 1 unspecified atom stereocenters. The van der Waals surface area contributed by atoms with Gasteiger partial charge in [0.15, 0.2) is 0 Å². The van der Waals surface area contributed by atoms with Gasteiger partial charge in [0.1, 0.15) is 0 Å². The quantitative estimate of drug-likeness (QED) is 0.577. The van der Waals surface area contributed by atoms with Crippen molar-refractivity contribution < 1.29 is 0 Å². The summed E-state index contributed by atoms with van der Waals surface area (Å²) in [6.07, 6.45) is 11.6. The molecule has 0 rings (SSSR count). The van der Waals surface area contributed by atoms with E-state index in [9.17, 15) is 0 Å². The molecule has 0 nitrogen and oxygen atoms in total. The van der Waals surface area contributed by atoms with E-state index in [1.54, 1.807) is 0 Å². The van der Waals surface area contributed by atoms with Crippen LogP contribution < -0.4 is 0 Å². The fraction of sp³-hybridized carbons (Fsp3) is 0.500. The van der Waals surface area contributed by atoms with Crippen molar-refractivity contribution >= 4 is 11.8 Å². The van der Waals surface area contributed by atoms with Crippen LogP contribution in [0.2, 0.25) is 0 Å². The minimum Gasteiger partial charge on any atom is -0.158 e. The molecule has 0 saturated carbocycles. The third-order valence-corrected chi connectivity index (χ3v) is 2.77. The molecular weight excluding hydrogens is 176 g/mol. The van der Waals surface area contributed by atoms with Crippen LogP contribution in [-0.4, -0.2) is 11.5 Å². The summed E-state index contributed by atoms with van der Waals surface area (Å²) in [5.74, 6) is 0. The first-order chi connectivity index (χ1) is 6.24. The molecule has 0 N–H and O–H groups in total. The number of thioether (sulfide) groups is 1. The number of allylic oxidation sites excluding steroid dienone is 3. The van der Waals surface area contributed by atoms with Crippen molar-refractivity contribution in [1.82, 2.24) is 0 Å². The first-order valence-corrected chi connectivity index (χ1v) is 5.97. The lowest BCUT2D eigenvalue weighted by atomic mass is 10.1. The van der Waals surface area contributed by atoms with Gasteiger partial charge in [0.2, 0.25) is 0 Å². The Morgan fingerprint density at radius 3 is 2.54 bits per heavy atom. The normalized spacial score (nSPS) is 15.2. The van der Waals surface area contributed by atoms with E-state index in [1.807, 2.05) is 11.8 Å². The molecule has 0 heterocycles. The Balaban J connectivity index is 3.97. The predicted molar refractivity (Wildman–Crippen MR) is 64.8 cm³/mol. The minimum absolute atomic E-state index is 0.601. The van der Waals surface area contributed by atoms with Crippen molar-refractivity contribution in [2.75, 3.05) is 6.26 Å². The third kappa shape index (κ3) is 6.94. The molecule has 74 valence electrons. The molecule has 1 atom stereocenters. The Morgan fingerprint density at radius 2 is 2.08 bits per heavy atom. The van der Waals surface area contributed by atoms with Gasteiger partial charge in [-0.15, -0.1) is 0 Å². The van der Waals surface area contributed by atoms with E-state index >= 15 is 0 Å². The van der Waals surface area contributed by atoms with Crippen LogP contribution in [0.15, 0.2) is 23.8 Å². The fourth-order valence-electron chi connectivity index (χ4n) is 1.13. The van der Waals surface area contributed by atoms with E-state index in [0.29, 0.717) is 5.25 Å². The van der Waals surface area contributed by atoms with Gasteiger partial charge in [-0.3, -0.25) is 0 Å². The monoisotopic (exact) mass is 196 g/mol. The second kappa shape index (κ2) is 8.43. The molecule has 0 amide bonds. The maximum absolute atomic E-state index is 3.81. The molecule has 0 fully saturated rings. The van der Waals surface area contributed by atoms with E-state index in [0.717, 1.165) is 19.3 Å². The molecule has 0 saturated heterocycles. The molecule has 0 aliphatic carbocycles. The first kappa shape index (κ1) is 12.8. The highest BCUT2D eigenvalue weighted by molar-refractivity contribution is 7.99. The maximum Gasteiger partial charge on any atom is 0.0261 e. The number of rotatable bonds is 6. The second-order valence-electron chi connectivity index (χ2n) is 3.03. The molecule has 0 aliphatic heterocycles. The highest BCUT2D eigenvalue weighted by Gasteiger charge is 2.02. The van der Waals surface area contributed by atoms with Crippen molar-refractivity contribution in [3.8, 4) is 0 Å². The van der Waals surface area contributed by atoms with Crippen LogP contribution in [0.1, 0.15) is 26.2 Å². The Bertz CT molecular complexity index is 168. The molecule has 2 radical (unpaired) electrons. The van der Waals surface area contributed by atoms with E-state index in [4.69, 9.17) is 0 Å². The lowest BCUT2D eigenvalue weighted by Gasteiger charge is -2.09. The minimum atomic E-state index is 0.601. The number of hydrogen-bond acceptors (Lipinski definition) is 1. The zero-order chi connectivity index (χ0) is 10.1. The van der Waals surface area contributed by atoms with Crippen LogP contribution >= 0.6 is 11.8 Å². The average Bonchev–Trinajstić information content (AvgIpc) is 2.12. The number of hydrogen-bond donors (Lipinski definition) is 0. The van der Waals surface area contributed by atoms with Crippen molar-refractivity contribution in [1.29, 1.82) is 0 Å². The SMILES string of the molecule is [CH2]CC=CC(CC(C)=CC[CH2])SC. The average molecular weight is 196 g/mol. The molecular formula is C12H20S. The summed E-state index contributed by atoms with van der Waals surface area (Å²) in [5, 5.41) is 0.601. The van der Waals surface area contributed by atoms with Gasteiger partial charge in [-0.2, -0.15) is 11.8 Å². The van der Waals surface area contributed by atoms with Gasteiger partial charge in [-0.25, -0.2) is 0 Å². The zero-order valence-electron chi connectivity index (χ0n) is 8.75. The fourth-order valence-corrected chi connectivity index (χ4v) is 1.82. The summed E-state index contributed by atoms with van der Waals surface area (Å²) in [6, 6.07) is 0. The van der Waals surface area contributed by atoms with Crippen LogP contribution in [0, 0.1) is 13.8 Å². The van der Waals surface area contributed by atoms with Crippen LogP contribution in [0.5, 0.6) is 0 Å². The molecule has 0 bridgehead atoms. The van der Waals surface area contributed by atoms with Crippen LogP contribution in [-0.2, 0) is 0 Å². The summed E-state index contributed by atoms with van der Waals surface area (Å²) in [5.41, 5.74) is 1.43. The Labute approximate surface area is 87.5 Å². The predicted octanol–water partition coefficient (Wildman–Crippen LogP) is 4.06. The Kier molecular flexibility index (Phi) is 8.32. The highest BCUT2D eigenvalue weighted by Crippen LogP contribution is 2.18. The van der Waals surface area contributed by atoms with Crippen molar-refractivity contribution in [3.05, 3.63) is 37.6 Å². The van der Waals surface area contributed by atoms with Gasteiger partial charge in [-0.1, -0.05) is 23.8 Å². The summed E-state index contributed by atoms with van der Waals surface area (Å²) in [6.45, 7) is 9.77. The molecule has 0 aromatic carbocycles. The maximum atomic E-state index is 3.81. The zero-order valence-corrected chi connectivity index (χ0v) is 9.57. The summed E-state index contributed by atoms with van der Waals surface area (Å²) < 4.78 is 0. The summed E-state index contributed by atoms with van der Waals surface area (Å²) in [7, 11) is 0. The largest absolute Gasteiger partial charge is 0.158 e. The lowest BCUT2D eigenvalue weighted by molar-refractivity contribution is 0.982. The smallest absolute Gasteiger partial charge is 0.0261 e. The van der Waals surface area contributed by atoms with Gasteiger partial charge >= 0.3 is 0 Å². The lowest BCUT2D eigenvalue weighted by Crippen LogP contribution is -1.97. The van der Waals surface area contributed by atoms with Gasteiger partial charge in [-0.05, 0) is 46.3 Å². The van der Waals surface area contributed by atoms with Crippen molar-refractivity contribution in [2.24, 2.45) is 0 Å². The van der Waals surface area contributed by atoms with Crippen molar-refractivity contribution in [2.45, 2.75) is 31.4 Å². The molecule has 13 heavy (non-hydrogen) atoms. The molecule has 0 aromatic heterocycles. The third-order valence-electron chi connectivity index (χ3n) is 1.84. The molecule has 0 spiro atoms. The summed E-state index contributed by atoms with van der Waals surface area (Å²) in [4.78, 5) is 0. The highest BCUT2D eigenvalue weighted by atomic mass is 32.2. The van der Waals surface area contributed by atoms with Crippen LogP contribution in [0.4, 0.5) is 0 Å². The first-order valence-electron chi connectivity index (χ1n) is 4.68. The Hall–Kier alpha value is -0.170. The van der Waals surface area contributed by atoms with Crippen molar-refractivity contribution in [3.63, 3.8) is 0 Å². The molecule has 1 heteroatoms. The topological polar surface area (TPSA) is 0 Å². The summed E-state index contributed by atoms with van der Waals surface area (Å²) >= 11 is 1.89. The van der Waals surface area contributed by atoms with E-state index in [1.165, 1.54) is 5.57 Å². The molecule has 0 aromatic rings. The van der Waals surface area contributed by atoms with Gasteiger partial charge < -0.3 is 0 Å². The van der Waals surface area contributed by atoms with E-state index < -0.39 is 0 Å². The molecule has 0 aliphatic rings.